The molecule has 0 spiro atoms. The maximum absolute atomic E-state index is 12.4. The topological polar surface area (TPSA) is 60.2 Å². The van der Waals surface area contributed by atoms with Gasteiger partial charge in [-0.05, 0) is 44.5 Å². The van der Waals surface area contributed by atoms with Gasteiger partial charge in [0.2, 0.25) is 0 Å². The molecular formula is C16H20N2O3. The molecule has 0 amide bonds. The highest BCUT2D eigenvalue weighted by Gasteiger charge is 2.21. The molecule has 2 aromatic rings. The monoisotopic (exact) mass is 288 g/mol. The van der Waals surface area contributed by atoms with Crippen molar-refractivity contribution in [3.63, 3.8) is 0 Å². The Morgan fingerprint density at radius 3 is 2.33 bits per heavy atom. The molecule has 0 aliphatic rings. The molecule has 0 radical (unpaired) electrons. The van der Waals surface area contributed by atoms with Crippen LogP contribution >= 0.6 is 0 Å². The van der Waals surface area contributed by atoms with Crippen molar-refractivity contribution < 1.29 is 9.16 Å². The summed E-state index contributed by atoms with van der Waals surface area (Å²) in [4.78, 5) is 12.4. The molecule has 0 fully saturated rings. The van der Waals surface area contributed by atoms with Crippen molar-refractivity contribution in [1.29, 1.82) is 0 Å². The van der Waals surface area contributed by atoms with E-state index in [1.54, 1.807) is 32.9 Å². The van der Waals surface area contributed by atoms with Gasteiger partial charge in [-0.15, -0.1) is 0 Å². The van der Waals surface area contributed by atoms with Gasteiger partial charge < -0.3 is 14.7 Å². The molecule has 2 rings (SSSR count). The highest BCUT2D eigenvalue weighted by Crippen LogP contribution is 2.23. The zero-order valence-electron chi connectivity index (χ0n) is 12.8. The predicted octanol–water partition coefficient (Wildman–Crippen LogP) is 3.13. The fourth-order valence-electron chi connectivity index (χ4n) is 2.21. The second kappa shape index (κ2) is 5.99. The van der Waals surface area contributed by atoms with E-state index in [1.165, 1.54) is 0 Å². The van der Waals surface area contributed by atoms with Crippen molar-refractivity contribution in [1.82, 2.24) is 4.73 Å². The van der Waals surface area contributed by atoms with Gasteiger partial charge in [0.25, 0.3) is 11.4 Å². The molecule has 112 valence electrons. The van der Waals surface area contributed by atoms with Gasteiger partial charge in [0.1, 0.15) is 5.75 Å². The number of ether oxygens (including phenoxy) is 1. The van der Waals surface area contributed by atoms with Gasteiger partial charge in [-0.2, -0.15) is 0 Å². The first-order chi connectivity index (χ1) is 9.97. The molecule has 1 aromatic carbocycles. The number of nitrogens with zero attached hydrogens (tertiary/aromatic N) is 2. The lowest BCUT2D eigenvalue weighted by molar-refractivity contribution is -0.492. The minimum absolute atomic E-state index is 0.384. The molecule has 0 N–H and O–H groups in total. The summed E-state index contributed by atoms with van der Waals surface area (Å²) in [6.07, 6.45) is 0.939. The maximum atomic E-state index is 12.4. The Bertz CT molecular complexity index is 703. The Morgan fingerprint density at radius 2 is 1.76 bits per heavy atom. The van der Waals surface area contributed by atoms with Crippen LogP contribution in [0.15, 0.2) is 24.3 Å². The van der Waals surface area contributed by atoms with Gasteiger partial charge in [-0.25, -0.2) is 0 Å². The third-order valence-corrected chi connectivity index (χ3v) is 3.58. The fourth-order valence-corrected chi connectivity index (χ4v) is 2.21. The lowest BCUT2D eigenvalue weighted by Crippen LogP contribution is -2.28. The molecule has 0 atom stereocenters. The summed E-state index contributed by atoms with van der Waals surface area (Å²) < 4.78 is 7.15. The SMILES string of the molecule is CCCOc1ccc(-c2c(C)n([O-])c(C)c(C)[n+]2=O)cc1. The average molecular weight is 288 g/mol. The largest absolute Gasteiger partial charge is 0.805 e. The van der Waals surface area contributed by atoms with E-state index in [2.05, 4.69) is 0 Å². The minimum Gasteiger partial charge on any atom is -0.805 e. The summed E-state index contributed by atoms with van der Waals surface area (Å²) in [5.41, 5.74) is 2.33. The lowest BCUT2D eigenvalue weighted by Gasteiger charge is -2.18. The van der Waals surface area contributed by atoms with E-state index >= 15 is 0 Å². The molecule has 21 heavy (non-hydrogen) atoms. The second-order valence-electron chi connectivity index (χ2n) is 5.07. The van der Waals surface area contributed by atoms with E-state index in [0.717, 1.165) is 21.3 Å². The zero-order chi connectivity index (χ0) is 15.6. The molecule has 1 aromatic heterocycles. The number of hydrogen-bond donors (Lipinski definition) is 0. The van der Waals surface area contributed by atoms with Crippen LogP contribution in [-0.4, -0.2) is 11.3 Å². The normalized spacial score (nSPS) is 10.7. The van der Waals surface area contributed by atoms with Gasteiger partial charge in [0, 0.05) is 11.8 Å². The summed E-state index contributed by atoms with van der Waals surface area (Å²) in [7, 11) is 0. The highest BCUT2D eigenvalue weighted by molar-refractivity contribution is 5.60. The Labute approximate surface area is 124 Å². The first-order valence-corrected chi connectivity index (χ1v) is 7.03. The van der Waals surface area contributed by atoms with Crippen molar-refractivity contribution in [3.8, 4) is 17.0 Å². The molecule has 0 saturated carbocycles. The minimum atomic E-state index is 0.384. The van der Waals surface area contributed by atoms with Crippen LogP contribution in [0.1, 0.15) is 30.4 Å². The molecule has 0 aliphatic carbocycles. The predicted molar refractivity (Wildman–Crippen MR) is 82.0 cm³/mol. The van der Waals surface area contributed by atoms with E-state index in [4.69, 9.17) is 4.74 Å². The summed E-state index contributed by atoms with van der Waals surface area (Å²) in [5, 5.41) is 12.1. The number of aromatic nitrogens is 2. The van der Waals surface area contributed by atoms with Crippen molar-refractivity contribution in [2.24, 2.45) is 0 Å². The number of benzene rings is 1. The van der Waals surface area contributed by atoms with E-state index in [1.807, 2.05) is 19.1 Å². The summed E-state index contributed by atoms with van der Waals surface area (Å²) in [6, 6.07) is 7.23. The van der Waals surface area contributed by atoms with Gasteiger partial charge in [0.05, 0.1) is 28.0 Å². The van der Waals surface area contributed by atoms with E-state index < -0.39 is 0 Å². The lowest BCUT2D eigenvalue weighted by atomic mass is 10.1. The van der Waals surface area contributed by atoms with Crippen molar-refractivity contribution in [2.45, 2.75) is 34.1 Å². The Balaban J connectivity index is 2.50. The molecule has 1 heterocycles. The van der Waals surface area contributed by atoms with Gasteiger partial charge in [-0.1, -0.05) is 6.92 Å². The summed E-state index contributed by atoms with van der Waals surface area (Å²) in [6.45, 7) is 7.66. The fraction of sp³-hybridized carbons (Fsp3) is 0.375. The second-order valence-corrected chi connectivity index (χ2v) is 5.07. The van der Waals surface area contributed by atoms with Gasteiger partial charge in [0.15, 0.2) is 0 Å². The van der Waals surface area contributed by atoms with E-state index in [0.29, 0.717) is 34.9 Å². The van der Waals surface area contributed by atoms with Crippen LogP contribution in [0, 0.1) is 30.9 Å². The van der Waals surface area contributed by atoms with Crippen LogP contribution < -0.4 is 9.16 Å². The van der Waals surface area contributed by atoms with Crippen LogP contribution in [0.4, 0.5) is 0 Å². The first kappa shape index (κ1) is 15.1. The van der Waals surface area contributed by atoms with Crippen LogP contribution in [-0.2, 0) is 0 Å². The van der Waals surface area contributed by atoms with E-state index in [-0.39, 0.29) is 0 Å². The smallest absolute Gasteiger partial charge is 0.288 e. The number of hydrogen-bond acceptors (Lipinski definition) is 3. The third-order valence-electron chi connectivity index (χ3n) is 3.58. The first-order valence-electron chi connectivity index (χ1n) is 7.03. The number of rotatable bonds is 4. The average Bonchev–Trinajstić information content (AvgIpc) is 2.50. The van der Waals surface area contributed by atoms with Crippen LogP contribution in [0.3, 0.4) is 0 Å². The highest BCUT2D eigenvalue weighted by atomic mass is 16.5. The quantitative estimate of drug-likeness (QED) is 0.812. The maximum Gasteiger partial charge on any atom is 0.288 e. The van der Waals surface area contributed by atoms with Crippen LogP contribution in [0.2, 0.25) is 0 Å². The third kappa shape index (κ3) is 2.77. The molecule has 5 nitrogen and oxygen atoms in total. The molecule has 0 aliphatic heterocycles. The summed E-state index contributed by atoms with van der Waals surface area (Å²) in [5.74, 6) is 0.759. The summed E-state index contributed by atoms with van der Waals surface area (Å²) >= 11 is 0. The Morgan fingerprint density at radius 1 is 1.14 bits per heavy atom. The Kier molecular flexibility index (Phi) is 4.31. The van der Waals surface area contributed by atoms with E-state index in [9.17, 15) is 10.1 Å². The van der Waals surface area contributed by atoms with Gasteiger partial charge >= 0.3 is 0 Å². The van der Waals surface area contributed by atoms with Gasteiger partial charge in [-0.3, -0.25) is 0 Å². The van der Waals surface area contributed by atoms with Crippen molar-refractivity contribution >= 4 is 0 Å². The standard InChI is InChI=1S/C16H20N2O3/c1-5-10-21-15-8-6-14(7-9-15)16-13(4)17(19)11(2)12(3)18(16)20/h6-9H,5,10H2,1-4H3. The molecule has 5 heteroatoms. The van der Waals surface area contributed by atoms with Crippen LogP contribution in [0.5, 0.6) is 5.75 Å². The zero-order valence-corrected chi connectivity index (χ0v) is 12.8. The molecule has 0 bridgehead atoms. The molecule has 0 saturated heterocycles. The molecule has 0 unspecified atom stereocenters. The molecular weight excluding hydrogens is 268 g/mol. The van der Waals surface area contributed by atoms with Crippen molar-refractivity contribution in [2.75, 3.05) is 6.61 Å². The van der Waals surface area contributed by atoms with Crippen LogP contribution in [0.25, 0.3) is 11.3 Å². The Hall–Kier alpha value is -2.30. The van der Waals surface area contributed by atoms with Crippen molar-refractivity contribution in [3.05, 3.63) is 51.5 Å².